The summed E-state index contributed by atoms with van der Waals surface area (Å²) in [5.41, 5.74) is 5.64. The predicted molar refractivity (Wildman–Crippen MR) is 179 cm³/mol. The number of para-hydroxylation sites is 2. The smallest absolute Gasteiger partial charge is 0.106 e. The van der Waals surface area contributed by atoms with Crippen LogP contribution in [0, 0.1) is 13.8 Å². The molecule has 6 nitrogen and oxygen atoms in total. The van der Waals surface area contributed by atoms with E-state index in [2.05, 4.69) is 106 Å². The average Bonchev–Trinajstić information content (AvgIpc) is 3.32. The first-order valence-electron chi connectivity index (χ1n) is 15.8. The van der Waals surface area contributed by atoms with E-state index in [1.165, 1.54) is 79.7 Å². The molecule has 0 amide bonds. The predicted octanol–water partition coefficient (Wildman–Crippen LogP) is 6.69. The van der Waals surface area contributed by atoms with E-state index in [4.69, 9.17) is 4.98 Å². The summed E-state index contributed by atoms with van der Waals surface area (Å²) in [7, 11) is 0. The Morgan fingerprint density at radius 3 is 2.23 bits per heavy atom. The normalized spacial score (nSPS) is 23.8. The number of nitrogens with zero attached hydrogens (tertiary/aromatic N) is 4. The zero-order valence-electron chi connectivity index (χ0n) is 25.7. The van der Waals surface area contributed by atoms with Gasteiger partial charge >= 0.3 is 0 Å². The van der Waals surface area contributed by atoms with Crippen molar-refractivity contribution in [2.75, 3.05) is 19.6 Å². The molecule has 0 spiro atoms. The molecule has 0 saturated carbocycles. The van der Waals surface area contributed by atoms with Crippen LogP contribution in [0.25, 0.3) is 11.0 Å². The van der Waals surface area contributed by atoms with Crippen molar-refractivity contribution in [2.45, 2.75) is 93.7 Å². The van der Waals surface area contributed by atoms with Crippen molar-refractivity contribution in [1.82, 2.24) is 18.8 Å². The van der Waals surface area contributed by atoms with Gasteiger partial charge in [-0.3, -0.25) is 4.90 Å². The van der Waals surface area contributed by atoms with Crippen LogP contribution in [0.5, 0.6) is 0 Å². The third-order valence-corrected chi connectivity index (χ3v) is 11.5. The van der Waals surface area contributed by atoms with Crippen molar-refractivity contribution in [3.8, 4) is 0 Å². The molecular weight excluding hydrogens is 552 g/mol. The molecule has 43 heavy (non-hydrogen) atoms. The molecule has 3 atom stereocenters. The number of benzene rings is 3. The molecule has 3 fully saturated rings. The van der Waals surface area contributed by atoms with Crippen LogP contribution in [0.2, 0.25) is 0 Å². The number of aromatic nitrogens is 2. The average molecular weight is 601 g/mol. The first kappa shape index (κ1) is 31.7. The van der Waals surface area contributed by atoms with E-state index in [0.29, 0.717) is 18.1 Å². The third kappa shape index (κ3) is 6.43. The number of imidazole rings is 1. The topological polar surface area (TPSA) is 87.3 Å². The minimum atomic E-state index is 0. The first-order valence-corrected chi connectivity index (χ1v) is 16.6. The van der Waals surface area contributed by atoms with Gasteiger partial charge in [0.25, 0.3) is 0 Å². The van der Waals surface area contributed by atoms with Crippen molar-refractivity contribution < 1.29 is 11.0 Å². The molecule has 0 aliphatic carbocycles. The molecule has 7 rings (SSSR count). The highest BCUT2D eigenvalue weighted by atomic mass is 32.2. The highest BCUT2D eigenvalue weighted by molar-refractivity contribution is 7.97. The second-order valence-electron chi connectivity index (χ2n) is 12.9. The van der Waals surface area contributed by atoms with Gasteiger partial charge in [0.1, 0.15) is 5.82 Å². The Bertz CT molecular complexity index is 1470. The Morgan fingerprint density at radius 2 is 1.51 bits per heavy atom. The fraction of sp³-hybridized carbons (Fsp3) is 0.472. The van der Waals surface area contributed by atoms with E-state index in [-0.39, 0.29) is 16.4 Å². The molecule has 3 aliphatic rings. The molecule has 3 aromatic carbocycles. The molecular formula is C36H48N4O2S. The second-order valence-corrected chi connectivity index (χ2v) is 14.0. The fourth-order valence-electron chi connectivity index (χ4n) is 8.30. The summed E-state index contributed by atoms with van der Waals surface area (Å²) in [6.45, 7) is 7.92. The number of hydrogen-bond acceptors (Lipinski definition) is 4. The molecule has 4 aromatic rings. The molecule has 7 heteroatoms. The standard InChI is InChI=1S/C36H44N4S.2H2O/c1-27-10-8-15-33(24-27)41-38-21-18-36(19-22-38,29-11-4-3-5-12-29)20-23-39-30-13-9-14-31(39)26-32(25-30)40-28(2)37-34-16-6-7-17-35(34)40;;/h3-8,10-12,15-17,24,30-32H,9,13-14,18-23,25-26H2,1-2H3;2*1H2/t30-,31+,32?;;. The zero-order valence-corrected chi connectivity index (χ0v) is 26.5. The number of hydrogen-bond donors (Lipinski definition) is 0. The lowest BCUT2D eigenvalue weighted by Crippen LogP contribution is -2.54. The largest absolute Gasteiger partial charge is 0.412 e. The van der Waals surface area contributed by atoms with Crippen molar-refractivity contribution >= 4 is 23.0 Å². The lowest BCUT2D eigenvalue weighted by Gasteiger charge is -2.51. The van der Waals surface area contributed by atoms with Gasteiger partial charge in [-0.1, -0.05) is 61.0 Å². The molecule has 3 aliphatic heterocycles. The Hall–Kier alpha value is -2.68. The van der Waals surface area contributed by atoms with Gasteiger partial charge in [-0.05, 0) is 118 Å². The Balaban J connectivity index is 0.00000184. The highest BCUT2D eigenvalue weighted by Crippen LogP contribution is 2.45. The quantitative estimate of drug-likeness (QED) is 0.221. The minimum absolute atomic E-state index is 0. The van der Waals surface area contributed by atoms with Crippen molar-refractivity contribution in [1.29, 1.82) is 0 Å². The van der Waals surface area contributed by atoms with E-state index in [1.54, 1.807) is 5.56 Å². The lowest BCUT2D eigenvalue weighted by atomic mass is 9.70. The van der Waals surface area contributed by atoms with Gasteiger partial charge in [-0.2, -0.15) is 0 Å². The van der Waals surface area contributed by atoms with Crippen molar-refractivity contribution in [3.05, 3.63) is 95.8 Å². The van der Waals surface area contributed by atoms with Gasteiger partial charge in [-0.25, -0.2) is 9.29 Å². The summed E-state index contributed by atoms with van der Waals surface area (Å²) in [5.74, 6) is 1.18. The summed E-state index contributed by atoms with van der Waals surface area (Å²) in [5, 5.41) is 0. The highest BCUT2D eigenvalue weighted by Gasteiger charge is 2.42. The molecule has 3 saturated heterocycles. The number of aryl methyl sites for hydroxylation is 2. The van der Waals surface area contributed by atoms with E-state index in [9.17, 15) is 0 Å². The van der Waals surface area contributed by atoms with Crippen LogP contribution in [0.1, 0.15) is 74.4 Å². The van der Waals surface area contributed by atoms with Crippen molar-refractivity contribution in [3.63, 3.8) is 0 Å². The second kappa shape index (κ2) is 13.5. The third-order valence-electron chi connectivity index (χ3n) is 10.4. The number of piperidine rings is 3. The van der Waals surface area contributed by atoms with Crippen LogP contribution < -0.4 is 0 Å². The molecule has 4 heterocycles. The molecule has 4 N–H and O–H groups in total. The van der Waals surface area contributed by atoms with E-state index >= 15 is 0 Å². The van der Waals surface area contributed by atoms with Crippen LogP contribution in [0.15, 0.2) is 83.8 Å². The summed E-state index contributed by atoms with van der Waals surface area (Å²) in [6.07, 6.45) is 10.3. The number of fused-ring (bicyclic) bond motifs is 3. The van der Waals surface area contributed by atoms with Gasteiger partial charge in [0, 0.05) is 36.1 Å². The lowest BCUT2D eigenvalue weighted by molar-refractivity contribution is 0.00923. The SMILES string of the molecule is Cc1cccc(SN2CCC(CCN3[C@@H]4CCC[C@H]3CC(n3c(C)nc5ccccc53)C4)(c3ccccc3)CC2)c1.O.O. The van der Waals surface area contributed by atoms with Crippen LogP contribution >= 0.6 is 11.9 Å². The van der Waals surface area contributed by atoms with Gasteiger partial charge in [0.05, 0.1) is 11.0 Å². The summed E-state index contributed by atoms with van der Waals surface area (Å²) in [4.78, 5) is 9.24. The van der Waals surface area contributed by atoms with E-state index in [0.717, 1.165) is 18.6 Å². The van der Waals surface area contributed by atoms with Crippen LogP contribution in [0.3, 0.4) is 0 Å². The van der Waals surface area contributed by atoms with Gasteiger partial charge in [0.15, 0.2) is 0 Å². The Morgan fingerprint density at radius 1 is 0.814 bits per heavy atom. The van der Waals surface area contributed by atoms with Gasteiger partial charge < -0.3 is 15.5 Å². The maximum absolute atomic E-state index is 4.92. The molecule has 0 radical (unpaired) electrons. The summed E-state index contributed by atoms with van der Waals surface area (Å²) < 4.78 is 5.18. The van der Waals surface area contributed by atoms with Crippen LogP contribution in [0.4, 0.5) is 0 Å². The fourth-order valence-corrected chi connectivity index (χ4v) is 9.34. The van der Waals surface area contributed by atoms with E-state index < -0.39 is 0 Å². The maximum Gasteiger partial charge on any atom is 0.106 e. The van der Waals surface area contributed by atoms with Crippen LogP contribution in [-0.2, 0) is 5.41 Å². The summed E-state index contributed by atoms with van der Waals surface area (Å²) in [6, 6.07) is 31.1. The Kier molecular flexibility index (Phi) is 9.99. The zero-order chi connectivity index (χ0) is 27.8. The molecule has 1 aromatic heterocycles. The molecule has 1 unspecified atom stereocenters. The van der Waals surface area contributed by atoms with E-state index in [1.807, 2.05) is 11.9 Å². The van der Waals surface area contributed by atoms with Crippen LogP contribution in [-0.4, -0.2) is 61.4 Å². The van der Waals surface area contributed by atoms with Gasteiger partial charge in [-0.15, -0.1) is 0 Å². The minimum Gasteiger partial charge on any atom is -0.412 e. The maximum atomic E-state index is 4.92. The van der Waals surface area contributed by atoms with Crippen molar-refractivity contribution in [2.24, 2.45) is 0 Å². The first-order chi connectivity index (χ1) is 20.1. The van der Waals surface area contributed by atoms with Gasteiger partial charge in [0.2, 0.25) is 0 Å². The number of rotatable bonds is 7. The summed E-state index contributed by atoms with van der Waals surface area (Å²) >= 11 is 1.95. The Labute approximate surface area is 261 Å². The monoisotopic (exact) mass is 600 g/mol. The molecule has 2 bridgehead atoms. The molecule has 230 valence electrons.